The number of hydrogen-bond donors (Lipinski definition) is 1. The lowest BCUT2D eigenvalue weighted by Crippen LogP contribution is -2.30. The molecule has 29 heavy (non-hydrogen) atoms. The number of esters is 2. The topological polar surface area (TPSA) is 115 Å². The number of hydrogen-bond acceptors (Lipinski definition) is 7. The predicted molar refractivity (Wildman–Crippen MR) is 103 cm³/mol. The van der Waals surface area contributed by atoms with Gasteiger partial charge in [-0.25, -0.2) is 9.59 Å². The van der Waals surface area contributed by atoms with Crippen molar-refractivity contribution < 1.29 is 33.1 Å². The number of ether oxygens (including phenoxy) is 2. The predicted octanol–water partition coefficient (Wildman–Crippen LogP) is 2.85. The smallest absolute Gasteiger partial charge is 0.373 e. The van der Waals surface area contributed by atoms with Crippen LogP contribution in [0, 0.1) is 0 Å². The number of carbonyl (C=O) groups excluding carboxylic acids is 4. The maximum absolute atomic E-state index is 12.7. The van der Waals surface area contributed by atoms with Gasteiger partial charge in [0.2, 0.25) is 5.76 Å². The lowest BCUT2D eigenvalue weighted by Gasteiger charge is -2.09. The molecule has 0 aliphatic carbocycles. The molecule has 0 spiro atoms. The van der Waals surface area contributed by atoms with Crippen LogP contribution >= 0.6 is 15.9 Å². The van der Waals surface area contributed by atoms with E-state index in [2.05, 4.69) is 26.0 Å². The number of nitrogens with zero attached hydrogens (tertiary/aromatic N) is 1. The molecule has 1 aromatic carbocycles. The van der Waals surface area contributed by atoms with Crippen LogP contribution in [0.5, 0.6) is 5.75 Å². The van der Waals surface area contributed by atoms with Crippen molar-refractivity contribution in [2.45, 2.75) is 13.5 Å². The Kier molecular flexibility index (Phi) is 5.83. The number of urea groups is 1. The average molecular weight is 463 g/mol. The Morgan fingerprint density at radius 3 is 2.69 bits per heavy atom. The van der Waals surface area contributed by atoms with E-state index < -0.39 is 23.9 Å². The van der Waals surface area contributed by atoms with Gasteiger partial charge in [0, 0.05) is 17.0 Å². The molecule has 2 aromatic rings. The van der Waals surface area contributed by atoms with Gasteiger partial charge < -0.3 is 19.2 Å². The number of nitrogens with one attached hydrogen (secondary N) is 1. The molecular formula is C19H15BrN2O7. The van der Waals surface area contributed by atoms with Gasteiger partial charge in [-0.3, -0.25) is 14.5 Å². The van der Waals surface area contributed by atoms with Gasteiger partial charge in [0.05, 0.1) is 13.7 Å². The fourth-order valence-electron chi connectivity index (χ4n) is 2.58. The summed E-state index contributed by atoms with van der Waals surface area (Å²) in [5.41, 5.74) is 0.423. The molecule has 0 bridgehead atoms. The fourth-order valence-corrected chi connectivity index (χ4v) is 2.96. The minimum absolute atomic E-state index is 0.00116. The minimum atomic E-state index is -0.665. The first-order valence-electron chi connectivity index (χ1n) is 8.28. The summed E-state index contributed by atoms with van der Waals surface area (Å²) in [6.45, 7) is 1.09. The third kappa shape index (κ3) is 4.54. The van der Waals surface area contributed by atoms with Crippen LogP contribution in [-0.2, 0) is 20.9 Å². The van der Waals surface area contributed by atoms with E-state index in [1.54, 1.807) is 18.2 Å². The lowest BCUT2D eigenvalue weighted by atomic mass is 10.1. The minimum Gasteiger partial charge on any atom is -0.463 e. The van der Waals surface area contributed by atoms with Crippen molar-refractivity contribution in [1.29, 1.82) is 0 Å². The van der Waals surface area contributed by atoms with Gasteiger partial charge in [0.15, 0.2) is 0 Å². The van der Waals surface area contributed by atoms with E-state index in [0.717, 1.165) is 4.90 Å². The van der Waals surface area contributed by atoms with Crippen LogP contribution < -0.4 is 10.1 Å². The van der Waals surface area contributed by atoms with E-state index in [1.165, 1.54) is 32.2 Å². The Bertz CT molecular complexity index is 1040. The maximum Gasteiger partial charge on any atom is 0.373 e. The molecule has 150 valence electrons. The molecule has 3 amide bonds. The molecule has 0 unspecified atom stereocenters. The number of methoxy groups -OCH3 is 1. The number of furan rings is 1. The van der Waals surface area contributed by atoms with Crippen LogP contribution in [-0.4, -0.2) is 35.9 Å². The van der Waals surface area contributed by atoms with E-state index in [4.69, 9.17) is 9.15 Å². The highest BCUT2D eigenvalue weighted by Crippen LogP contribution is 2.27. The molecule has 1 N–H and O–H groups in total. The molecule has 3 rings (SSSR count). The van der Waals surface area contributed by atoms with Crippen molar-refractivity contribution in [2.75, 3.05) is 7.11 Å². The summed E-state index contributed by atoms with van der Waals surface area (Å²) >= 11 is 3.31. The van der Waals surface area contributed by atoms with Crippen molar-refractivity contribution >= 4 is 45.9 Å². The molecule has 1 aliphatic rings. The second-order valence-corrected chi connectivity index (χ2v) is 6.83. The van der Waals surface area contributed by atoms with Gasteiger partial charge in [-0.15, -0.1) is 0 Å². The van der Waals surface area contributed by atoms with E-state index in [-0.39, 0.29) is 29.5 Å². The lowest BCUT2D eigenvalue weighted by molar-refractivity contribution is -0.131. The Hall–Kier alpha value is -3.40. The number of halogens is 1. The molecule has 9 nitrogen and oxygen atoms in total. The Balaban J connectivity index is 1.84. The summed E-state index contributed by atoms with van der Waals surface area (Å²) in [5, 5.41) is 2.47. The fraction of sp³-hybridized carbons (Fsp3) is 0.158. The number of carbonyl (C=O) groups is 4. The normalized spacial score (nSPS) is 14.9. The van der Waals surface area contributed by atoms with Crippen molar-refractivity contribution in [1.82, 2.24) is 10.2 Å². The van der Waals surface area contributed by atoms with Crippen molar-refractivity contribution in [3.63, 3.8) is 0 Å². The Morgan fingerprint density at radius 2 is 2.00 bits per heavy atom. The summed E-state index contributed by atoms with van der Waals surface area (Å²) in [6.07, 6.45) is 1.41. The zero-order valence-electron chi connectivity index (χ0n) is 15.4. The second kappa shape index (κ2) is 8.31. The second-order valence-electron chi connectivity index (χ2n) is 5.91. The molecule has 2 heterocycles. The largest absolute Gasteiger partial charge is 0.463 e. The Morgan fingerprint density at radius 1 is 1.24 bits per heavy atom. The van der Waals surface area contributed by atoms with Gasteiger partial charge in [-0.05, 0) is 36.4 Å². The van der Waals surface area contributed by atoms with Gasteiger partial charge in [0.25, 0.3) is 5.91 Å². The van der Waals surface area contributed by atoms with Crippen LogP contribution in [0.1, 0.15) is 28.8 Å². The number of imide groups is 1. The number of rotatable bonds is 5. The molecule has 1 saturated heterocycles. The summed E-state index contributed by atoms with van der Waals surface area (Å²) in [7, 11) is 1.21. The summed E-state index contributed by atoms with van der Waals surface area (Å²) in [5.74, 6) is -1.35. The van der Waals surface area contributed by atoms with Crippen LogP contribution in [0.4, 0.5) is 4.79 Å². The van der Waals surface area contributed by atoms with Crippen LogP contribution in [0.3, 0.4) is 0 Å². The van der Waals surface area contributed by atoms with E-state index >= 15 is 0 Å². The number of benzene rings is 1. The van der Waals surface area contributed by atoms with Crippen LogP contribution in [0.2, 0.25) is 0 Å². The first kappa shape index (κ1) is 20.3. The SMILES string of the molecule is COC(=O)c1ccc(CN2C(=O)NC(=Cc3cc(Br)ccc3OC(C)=O)C2=O)o1. The molecule has 1 aliphatic heterocycles. The van der Waals surface area contributed by atoms with E-state index in [9.17, 15) is 19.2 Å². The molecule has 1 aromatic heterocycles. The van der Waals surface area contributed by atoms with Crippen LogP contribution in [0.15, 0.2) is 44.9 Å². The summed E-state index contributed by atoms with van der Waals surface area (Å²) < 4.78 is 15.7. The Labute approximate surface area is 173 Å². The molecule has 1 fully saturated rings. The molecule has 0 saturated carbocycles. The quantitative estimate of drug-likeness (QED) is 0.314. The summed E-state index contributed by atoms with van der Waals surface area (Å²) in [4.78, 5) is 48.6. The molecule has 0 atom stereocenters. The highest BCUT2D eigenvalue weighted by Gasteiger charge is 2.34. The zero-order chi connectivity index (χ0) is 21.1. The molecule has 0 radical (unpaired) electrons. The highest BCUT2D eigenvalue weighted by atomic mass is 79.9. The third-order valence-corrected chi connectivity index (χ3v) is 4.34. The van der Waals surface area contributed by atoms with E-state index in [1.807, 2.05) is 0 Å². The van der Waals surface area contributed by atoms with E-state index in [0.29, 0.717) is 10.0 Å². The van der Waals surface area contributed by atoms with Gasteiger partial charge >= 0.3 is 18.0 Å². The number of amides is 3. The van der Waals surface area contributed by atoms with Crippen molar-refractivity contribution in [3.05, 3.63) is 57.6 Å². The van der Waals surface area contributed by atoms with Crippen LogP contribution in [0.25, 0.3) is 6.08 Å². The average Bonchev–Trinajstić information content (AvgIpc) is 3.24. The first-order valence-corrected chi connectivity index (χ1v) is 9.07. The molecule has 10 heteroatoms. The zero-order valence-corrected chi connectivity index (χ0v) is 16.9. The monoisotopic (exact) mass is 462 g/mol. The summed E-state index contributed by atoms with van der Waals surface area (Å²) in [6, 6.07) is 7.10. The maximum atomic E-state index is 12.7. The highest BCUT2D eigenvalue weighted by molar-refractivity contribution is 9.10. The standard InChI is InChI=1S/C19H15BrN2O7/c1-10(23)28-15-5-3-12(20)7-11(15)8-14-17(24)22(19(26)21-14)9-13-4-6-16(29-13)18(25)27-2/h3-8H,9H2,1-2H3,(H,21,26). The van der Waals surface area contributed by atoms with Gasteiger partial charge in [0.1, 0.15) is 17.2 Å². The van der Waals surface area contributed by atoms with Crippen molar-refractivity contribution in [2.24, 2.45) is 0 Å². The first-order chi connectivity index (χ1) is 13.8. The van der Waals surface area contributed by atoms with Gasteiger partial charge in [-0.1, -0.05) is 15.9 Å². The van der Waals surface area contributed by atoms with Gasteiger partial charge in [-0.2, -0.15) is 0 Å². The van der Waals surface area contributed by atoms with Crippen molar-refractivity contribution in [3.8, 4) is 5.75 Å². The molecular weight excluding hydrogens is 448 g/mol. The third-order valence-electron chi connectivity index (χ3n) is 3.85.